The first kappa shape index (κ1) is 25.9. The Labute approximate surface area is 227 Å². The zero-order valence-corrected chi connectivity index (χ0v) is 21.8. The zero-order chi connectivity index (χ0) is 27.4. The lowest BCUT2D eigenvalue weighted by Crippen LogP contribution is -2.31. The molecule has 0 radical (unpaired) electrons. The summed E-state index contributed by atoms with van der Waals surface area (Å²) in [6, 6.07) is 30.0. The summed E-state index contributed by atoms with van der Waals surface area (Å²) in [6.07, 6.45) is 1.47. The summed E-state index contributed by atoms with van der Waals surface area (Å²) in [5.74, 6) is -1.34. The molecule has 1 heterocycles. The van der Waals surface area contributed by atoms with E-state index in [0.29, 0.717) is 36.2 Å². The second-order valence-electron chi connectivity index (χ2n) is 9.90. The lowest BCUT2D eigenvalue weighted by molar-refractivity contribution is -0.137. The summed E-state index contributed by atoms with van der Waals surface area (Å²) in [4.78, 5) is 39.9. The van der Waals surface area contributed by atoms with Crippen molar-refractivity contribution < 1.29 is 19.5 Å². The fraction of sp³-hybridized carbons (Fsp3) is 0.182. The molecule has 2 N–H and O–H groups in total. The highest BCUT2D eigenvalue weighted by molar-refractivity contribution is 6.10. The number of para-hydroxylation sites is 1. The number of rotatable bonds is 6. The molecule has 6 heteroatoms. The quantitative estimate of drug-likeness (QED) is 0.290. The van der Waals surface area contributed by atoms with Crippen LogP contribution in [0.3, 0.4) is 0 Å². The molecule has 0 saturated heterocycles. The summed E-state index contributed by atoms with van der Waals surface area (Å²) < 4.78 is 0. The first-order chi connectivity index (χ1) is 18.9. The largest absolute Gasteiger partial charge is 0.481 e. The van der Waals surface area contributed by atoms with Crippen molar-refractivity contribution >= 4 is 29.2 Å². The molecule has 1 atom stereocenters. The van der Waals surface area contributed by atoms with Crippen LogP contribution in [0, 0.1) is 6.92 Å². The van der Waals surface area contributed by atoms with Gasteiger partial charge in [0.25, 0.3) is 11.8 Å². The molecule has 2 amide bonds. The third-order valence-electron chi connectivity index (χ3n) is 7.19. The SMILES string of the molecule is Cc1ccc(-c2ccccc2C(=O)Nc2ccc(C(=O)N3CCCC(CC(=O)O)c4ccccc43)cc2)cc1. The van der Waals surface area contributed by atoms with Crippen LogP contribution in [0.5, 0.6) is 0 Å². The van der Waals surface area contributed by atoms with Gasteiger partial charge in [0.2, 0.25) is 0 Å². The highest BCUT2D eigenvalue weighted by Gasteiger charge is 2.28. The van der Waals surface area contributed by atoms with Crippen LogP contribution in [0.1, 0.15) is 57.0 Å². The van der Waals surface area contributed by atoms with E-state index in [1.807, 2.05) is 73.7 Å². The molecule has 5 rings (SSSR count). The lowest BCUT2D eigenvalue weighted by Gasteiger charge is -2.24. The maximum Gasteiger partial charge on any atom is 0.303 e. The third kappa shape index (κ3) is 5.75. The number of carbonyl (C=O) groups is 3. The number of aryl methyl sites for hydroxylation is 1. The van der Waals surface area contributed by atoms with E-state index < -0.39 is 5.97 Å². The minimum absolute atomic E-state index is 0.0421. The van der Waals surface area contributed by atoms with E-state index in [1.165, 1.54) is 0 Å². The van der Waals surface area contributed by atoms with Crippen molar-refractivity contribution in [3.05, 3.63) is 119 Å². The summed E-state index contributed by atoms with van der Waals surface area (Å²) in [5.41, 5.74) is 6.28. The number of hydrogen-bond acceptors (Lipinski definition) is 3. The van der Waals surface area contributed by atoms with Gasteiger partial charge in [-0.05, 0) is 78.8 Å². The van der Waals surface area contributed by atoms with Crippen molar-refractivity contribution in [3.8, 4) is 11.1 Å². The first-order valence-corrected chi connectivity index (χ1v) is 13.1. The summed E-state index contributed by atoms with van der Waals surface area (Å²) in [5, 5.41) is 12.3. The average Bonchev–Trinajstić information content (AvgIpc) is 3.13. The van der Waals surface area contributed by atoms with Crippen LogP contribution in [-0.2, 0) is 4.79 Å². The Morgan fingerprint density at radius 3 is 2.31 bits per heavy atom. The number of nitrogens with one attached hydrogen (secondary N) is 1. The van der Waals surface area contributed by atoms with Crippen molar-refractivity contribution in [2.24, 2.45) is 0 Å². The lowest BCUT2D eigenvalue weighted by atomic mass is 9.91. The minimum atomic E-state index is -0.839. The normalized spacial score (nSPS) is 14.7. The van der Waals surface area contributed by atoms with Gasteiger partial charge in [-0.1, -0.05) is 66.2 Å². The number of hydrogen-bond donors (Lipinski definition) is 2. The minimum Gasteiger partial charge on any atom is -0.481 e. The van der Waals surface area contributed by atoms with Gasteiger partial charge in [-0.15, -0.1) is 0 Å². The van der Waals surface area contributed by atoms with E-state index in [0.717, 1.165) is 27.9 Å². The van der Waals surface area contributed by atoms with Crippen LogP contribution in [0.2, 0.25) is 0 Å². The van der Waals surface area contributed by atoms with Crippen molar-refractivity contribution in [1.29, 1.82) is 0 Å². The Bertz CT molecular complexity index is 1510. The van der Waals surface area contributed by atoms with Gasteiger partial charge >= 0.3 is 5.97 Å². The third-order valence-corrected chi connectivity index (χ3v) is 7.19. The standard InChI is InChI=1S/C33H30N2O4/c1-22-12-14-23(15-13-22)27-8-2-3-10-29(27)32(38)34-26-18-16-24(17-19-26)33(39)35-20-6-7-25(21-31(36)37)28-9-4-5-11-30(28)35/h2-5,8-19,25H,6-7,20-21H2,1H3,(H,34,38)(H,36,37). The molecule has 0 aromatic heterocycles. The molecule has 0 aliphatic carbocycles. The van der Waals surface area contributed by atoms with Crippen molar-refractivity contribution in [2.45, 2.75) is 32.1 Å². The summed E-state index contributed by atoms with van der Waals surface area (Å²) in [6.45, 7) is 2.54. The summed E-state index contributed by atoms with van der Waals surface area (Å²) in [7, 11) is 0. The van der Waals surface area contributed by atoms with Crippen LogP contribution in [0.4, 0.5) is 11.4 Å². The molecule has 1 unspecified atom stereocenters. The number of aliphatic carboxylic acids is 1. The van der Waals surface area contributed by atoms with Gasteiger partial charge in [0.05, 0.1) is 6.42 Å². The molecule has 39 heavy (non-hydrogen) atoms. The van der Waals surface area contributed by atoms with Crippen LogP contribution in [0.25, 0.3) is 11.1 Å². The molecule has 0 bridgehead atoms. The molecular weight excluding hydrogens is 488 g/mol. The highest BCUT2D eigenvalue weighted by atomic mass is 16.4. The van der Waals surface area contributed by atoms with Crippen LogP contribution in [-0.4, -0.2) is 29.4 Å². The van der Waals surface area contributed by atoms with Gasteiger partial charge in [-0.25, -0.2) is 0 Å². The Kier molecular flexibility index (Phi) is 7.55. The number of anilines is 2. The molecule has 0 fully saturated rings. The molecule has 6 nitrogen and oxygen atoms in total. The van der Waals surface area contributed by atoms with Gasteiger partial charge in [0.1, 0.15) is 0 Å². The van der Waals surface area contributed by atoms with E-state index >= 15 is 0 Å². The van der Waals surface area contributed by atoms with E-state index in [4.69, 9.17) is 0 Å². The molecule has 1 aliphatic rings. The molecule has 1 aliphatic heterocycles. The molecular formula is C33H30N2O4. The van der Waals surface area contributed by atoms with E-state index in [-0.39, 0.29) is 24.2 Å². The number of carboxylic acids is 1. The second kappa shape index (κ2) is 11.4. The fourth-order valence-electron chi connectivity index (χ4n) is 5.20. The number of carbonyl (C=O) groups excluding carboxylic acids is 2. The van der Waals surface area contributed by atoms with Crippen molar-refractivity contribution in [3.63, 3.8) is 0 Å². The predicted molar refractivity (Wildman–Crippen MR) is 153 cm³/mol. The maximum absolute atomic E-state index is 13.5. The second-order valence-corrected chi connectivity index (χ2v) is 9.90. The Balaban J connectivity index is 1.34. The molecule has 196 valence electrons. The molecule has 4 aromatic rings. The van der Waals surface area contributed by atoms with Crippen LogP contribution < -0.4 is 10.2 Å². The Hall–Kier alpha value is -4.71. The van der Waals surface area contributed by atoms with Gasteiger partial charge in [-0.2, -0.15) is 0 Å². The molecule has 0 saturated carbocycles. The Morgan fingerprint density at radius 1 is 0.872 bits per heavy atom. The number of carboxylic acid groups (broad SMARTS) is 1. The van der Waals surface area contributed by atoms with E-state index in [9.17, 15) is 19.5 Å². The van der Waals surface area contributed by atoms with Gasteiger partial charge in [0, 0.05) is 29.0 Å². The molecule has 4 aromatic carbocycles. The van der Waals surface area contributed by atoms with Gasteiger partial charge in [-0.3, -0.25) is 14.4 Å². The zero-order valence-electron chi connectivity index (χ0n) is 21.8. The molecule has 0 spiro atoms. The number of amides is 2. The Morgan fingerprint density at radius 2 is 1.56 bits per heavy atom. The highest BCUT2D eigenvalue weighted by Crippen LogP contribution is 2.37. The maximum atomic E-state index is 13.5. The number of fused-ring (bicyclic) bond motifs is 1. The van der Waals surface area contributed by atoms with Crippen LogP contribution >= 0.6 is 0 Å². The number of benzene rings is 4. The van der Waals surface area contributed by atoms with E-state index in [1.54, 1.807) is 35.2 Å². The fourth-order valence-corrected chi connectivity index (χ4v) is 5.20. The first-order valence-electron chi connectivity index (χ1n) is 13.1. The number of nitrogens with zero attached hydrogens (tertiary/aromatic N) is 1. The monoisotopic (exact) mass is 518 g/mol. The predicted octanol–water partition coefficient (Wildman–Crippen LogP) is 6.91. The van der Waals surface area contributed by atoms with E-state index in [2.05, 4.69) is 5.32 Å². The smallest absolute Gasteiger partial charge is 0.303 e. The van der Waals surface area contributed by atoms with Gasteiger partial charge < -0.3 is 15.3 Å². The summed E-state index contributed by atoms with van der Waals surface area (Å²) >= 11 is 0. The van der Waals surface area contributed by atoms with Gasteiger partial charge in [0.15, 0.2) is 0 Å². The van der Waals surface area contributed by atoms with Crippen molar-refractivity contribution in [2.75, 3.05) is 16.8 Å². The average molecular weight is 519 g/mol. The topological polar surface area (TPSA) is 86.7 Å². The van der Waals surface area contributed by atoms with Crippen molar-refractivity contribution in [1.82, 2.24) is 0 Å². The van der Waals surface area contributed by atoms with Crippen LogP contribution in [0.15, 0.2) is 97.1 Å².